The molecule has 1 fully saturated rings. The number of halogens is 2. The van der Waals surface area contributed by atoms with Crippen LogP contribution in [-0.2, 0) is 4.79 Å². The van der Waals surface area contributed by atoms with Gasteiger partial charge in [-0.1, -0.05) is 6.07 Å². The highest BCUT2D eigenvalue weighted by atomic mass is 19.1. The molecule has 2 N–H and O–H groups in total. The number of benzene rings is 1. The summed E-state index contributed by atoms with van der Waals surface area (Å²) in [5.74, 6) is -1.93. The topological polar surface area (TPSA) is 44.4 Å². The second kappa shape index (κ2) is 6.08. The van der Waals surface area contributed by atoms with Crippen LogP contribution in [0.2, 0.25) is 0 Å². The van der Waals surface area contributed by atoms with Gasteiger partial charge in [0, 0.05) is 25.7 Å². The largest absolute Gasteiger partial charge is 0.320 e. The Kier molecular flexibility index (Phi) is 4.44. The number of nitrogens with one attached hydrogen (secondary N) is 2. The van der Waals surface area contributed by atoms with E-state index in [4.69, 9.17) is 0 Å². The summed E-state index contributed by atoms with van der Waals surface area (Å²) < 4.78 is 26.7. The van der Waals surface area contributed by atoms with Crippen molar-refractivity contribution in [2.24, 2.45) is 0 Å². The zero-order valence-corrected chi connectivity index (χ0v) is 10.7. The summed E-state index contributed by atoms with van der Waals surface area (Å²) in [6, 6.07) is 3.81. The number of carbonyl (C=O) groups is 1. The number of hydrogen-bond acceptors (Lipinski definition) is 3. The van der Waals surface area contributed by atoms with Gasteiger partial charge in [0.2, 0.25) is 5.91 Å². The van der Waals surface area contributed by atoms with Crippen LogP contribution in [0, 0.1) is 11.6 Å². The molecule has 0 unspecified atom stereocenters. The summed E-state index contributed by atoms with van der Waals surface area (Å²) in [7, 11) is 0. The van der Waals surface area contributed by atoms with Gasteiger partial charge in [0.1, 0.15) is 17.3 Å². The van der Waals surface area contributed by atoms with Crippen LogP contribution in [0.15, 0.2) is 18.2 Å². The Labute approximate surface area is 110 Å². The maximum absolute atomic E-state index is 13.4. The summed E-state index contributed by atoms with van der Waals surface area (Å²) in [6.07, 6.45) is 0. The highest BCUT2D eigenvalue weighted by Gasteiger charge is 2.19. The van der Waals surface area contributed by atoms with E-state index in [-0.39, 0.29) is 12.2 Å². The van der Waals surface area contributed by atoms with Crippen LogP contribution in [0.3, 0.4) is 0 Å². The average Bonchev–Trinajstić information content (AvgIpc) is 2.34. The third kappa shape index (κ3) is 3.71. The molecule has 1 aromatic carbocycles. The van der Waals surface area contributed by atoms with Gasteiger partial charge in [0.25, 0.3) is 0 Å². The van der Waals surface area contributed by atoms with E-state index in [9.17, 15) is 13.6 Å². The number of carbonyl (C=O) groups excluding carboxylic acids is 1. The van der Waals surface area contributed by atoms with Crippen molar-refractivity contribution in [2.45, 2.75) is 13.0 Å². The summed E-state index contributed by atoms with van der Waals surface area (Å²) in [5.41, 5.74) is -0.379. The van der Waals surface area contributed by atoms with Crippen LogP contribution in [0.4, 0.5) is 14.5 Å². The van der Waals surface area contributed by atoms with Crippen LogP contribution >= 0.6 is 0 Å². The van der Waals surface area contributed by atoms with E-state index in [1.807, 2.05) is 11.8 Å². The van der Waals surface area contributed by atoms with Gasteiger partial charge >= 0.3 is 0 Å². The van der Waals surface area contributed by atoms with Crippen LogP contribution in [-0.4, -0.2) is 43.0 Å². The van der Waals surface area contributed by atoms with E-state index < -0.39 is 17.5 Å². The average molecular weight is 269 g/mol. The molecule has 0 bridgehead atoms. The number of amides is 1. The first kappa shape index (κ1) is 13.9. The molecule has 4 nitrogen and oxygen atoms in total. The maximum Gasteiger partial charge on any atom is 0.238 e. The molecule has 1 amide bonds. The van der Waals surface area contributed by atoms with E-state index in [1.54, 1.807) is 0 Å². The molecule has 1 aliphatic rings. The third-order valence-electron chi connectivity index (χ3n) is 3.05. The normalized spacial score (nSPS) is 20.3. The summed E-state index contributed by atoms with van der Waals surface area (Å²) in [6.45, 7) is 4.47. The minimum Gasteiger partial charge on any atom is -0.320 e. The van der Waals surface area contributed by atoms with Crippen LogP contribution in [0.25, 0.3) is 0 Å². The van der Waals surface area contributed by atoms with E-state index in [1.165, 1.54) is 6.07 Å². The lowest BCUT2D eigenvalue weighted by molar-refractivity contribution is -0.117. The molecular formula is C13H17F2N3O. The fraction of sp³-hybridized carbons (Fsp3) is 0.462. The van der Waals surface area contributed by atoms with Gasteiger partial charge in [0.05, 0.1) is 6.54 Å². The Morgan fingerprint density at radius 2 is 2.16 bits per heavy atom. The number of hydrogen-bond donors (Lipinski definition) is 2. The van der Waals surface area contributed by atoms with Crippen LogP contribution in [0.5, 0.6) is 0 Å². The number of anilines is 1. The van der Waals surface area contributed by atoms with Crippen molar-refractivity contribution < 1.29 is 13.6 Å². The molecule has 2 rings (SSSR count). The van der Waals surface area contributed by atoms with E-state index in [0.29, 0.717) is 6.04 Å². The SMILES string of the molecule is C[C@@H]1CN(CC(=O)Nc2c(F)cccc2F)CCN1. The first-order valence-corrected chi connectivity index (χ1v) is 6.26. The predicted octanol–water partition coefficient (Wildman–Crippen LogP) is 1.20. The van der Waals surface area contributed by atoms with Crippen molar-refractivity contribution in [3.63, 3.8) is 0 Å². The second-order valence-electron chi connectivity index (χ2n) is 4.74. The van der Waals surface area contributed by atoms with Crippen molar-refractivity contribution in [3.8, 4) is 0 Å². The van der Waals surface area contributed by atoms with Crippen molar-refractivity contribution in [1.82, 2.24) is 10.2 Å². The quantitative estimate of drug-likeness (QED) is 0.866. The molecule has 1 aromatic rings. The minimum absolute atomic E-state index is 0.139. The third-order valence-corrected chi connectivity index (χ3v) is 3.05. The molecular weight excluding hydrogens is 252 g/mol. The highest BCUT2D eigenvalue weighted by Crippen LogP contribution is 2.17. The Hall–Kier alpha value is -1.53. The molecule has 19 heavy (non-hydrogen) atoms. The zero-order chi connectivity index (χ0) is 13.8. The standard InChI is InChI=1S/C13H17F2N3O/c1-9-7-18(6-5-16-9)8-12(19)17-13-10(14)3-2-4-11(13)15/h2-4,9,16H,5-8H2,1H3,(H,17,19)/t9-/m1/s1. The predicted molar refractivity (Wildman–Crippen MR) is 68.9 cm³/mol. The lowest BCUT2D eigenvalue weighted by atomic mass is 10.2. The summed E-state index contributed by atoms with van der Waals surface area (Å²) in [4.78, 5) is 13.7. The fourth-order valence-electron chi connectivity index (χ4n) is 2.16. The monoisotopic (exact) mass is 269 g/mol. The maximum atomic E-state index is 13.4. The van der Waals surface area contributed by atoms with Gasteiger partial charge < -0.3 is 10.6 Å². The molecule has 1 aliphatic heterocycles. The molecule has 1 heterocycles. The Bertz CT molecular complexity index is 447. The van der Waals surface area contributed by atoms with Crippen molar-refractivity contribution in [3.05, 3.63) is 29.8 Å². The lowest BCUT2D eigenvalue weighted by Crippen LogP contribution is -2.51. The van der Waals surface area contributed by atoms with E-state index in [0.717, 1.165) is 31.8 Å². The highest BCUT2D eigenvalue weighted by molar-refractivity contribution is 5.92. The van der Waals surface area contributed by atoms with Crippen LogP contribution < -0.4 is 10.6 Å². The van der Waals surface area contributed by atoms with Crippen molar-refractivity contribution in [2.75, 3.05) is 31.5 Å². The molecule has 0 spiro atoms. The fourth-order valence-corrected chi connectivity index (χ4v) is 2.16. The van der Waals surface area contributed by atoms with E-state index >= 15 is 0 Å². The first-order valence-electron chi connectivity index (χ1n) is 6.26. The Morgan fingerprint density at radius 3 is 2.79 bits per heavy atom. The number of para-hydroxylation sites is 1. The van der Waals surface area contributed by atoms with Gasteiger partial charge in [-0.3, -0.25) is 9.69 Å². The van der Waals surface area contributed by atoms with Gasteiger partial charge in [-0.2, -0.15) is 0 Å². The smallest absolute Gasteiger partial charge is 0.238 e. The summed E-state index contributed by atoms with van der Waals surface area (Å²) in [5, 5.41) is 5.55. The molecule has 1 atom stereocenters. The number of rotatable bonds is 3. The second-order valence-corrected chi connectivity index (χ2v) is 4.74. The van der Waals surface area contributed by atoms with Gasteiger partial charge in [-0.15, -0.1) is 0 Å². The van der Waals surface area contributed by atoms with Gasteiger partial charge in [-0.25, -0.2) is 8.78 Å². The van der Waals surface area contributed by atoms with Crippen LogP contribution in [0.1, 0.15) is 6.92 Å². The molecule has 104 valence electrons. The van der Waals surface area contributed by atoms with E-state index in [2.05, 4.69) is 10.6 Å². The molecule has 6 heteroatoms. The molecule has 0 aliphatic carbocycles. The molecule has 1 saturated heterocycles. The molecule has 0 saturated carbocycles. The number of nitrogens with zero attached hydrogens (tertiary/aromatic N) is 1. The zero-order valence-electron chi connectivity index (χ0n) is 10.7. The molecule has 0 radical (unpaired) electrons. The van der Waals surface area contributed by atoms with Crippen molar-refractivity contribution >= 4 is 11.6 Å². The van der Waals surface area contributed by atoms with Crippen molar-refractivity contribution in [1.29, 1.82) is 0 Å². The molecule has 0 aromatic heterocycles. The first-order chi connectivity index (χ1) is 9.06. The van der Waals surface area contributed by atoms with Gasteiger partial charge in [0.15, 0.2) is 0 Å². The Balaban J connectivity index is 1.94. The summed E-state index contributed by atoms with van der Waals surface area (Å²) >= 11 is 0. The lowest BCUT2D eigenvalue weighted by Gasteiger charge is -2.31. The minimum atomic E-state index is -0.762. The number of piperazine rings is 1. The van der Waals surface area contributed by atoms with Gasteiger partial charge in [-0.05, 0) is 19.1 Å². The Morgan fingerprint density at radius 1 is 1.47 bits per heavy atom.